The van der Waals surface area contributed by atoms with Crippen LogP contribution in [0.25, 0.3) is 6.08 Å². The van der Waals surface area contributed by atoms with E-state index in [1.54, 1.807) is 29.2 Å². The summed E-state index contributed by atoms with van der Waals surface area (Å²) in [4.78, 5) is 15.3. The highest BCUT2D eigenvalue weighted by molar-refractivity contribution is 7.99. The van der Waals surface area contributed by atoms with Gasteiger partial charge in [0.25, 0.3) is 0 Å². The highest BCUT2D eigenvalue weighted by atomic mass is 32.2. The molecule has 146 valence electrons. The Labute approximate surface area is 167 Å². The van der Waals surface area contributed by atoms with Gasteiger partial charge in [-0.05, 0) is 17.5 Å². The third-order valence-corrected chi connectivity index (χ3v) is 6.10. The molecule has 1 aliphatic heterocycles. The molecule has 1 fully saturated rings. The van der Waals surface area contributed by atoms with Crippen molar-refractivity contribution >= 4 is 35.1 Å². The van der Waals surface area contributed by atoms with Gasteiger partial charge in [0.15, 0.2) is 5.16 Å². The molecule has 0 radical (unpaired) electrons. The Hall–Kier alpha value is -1.68. The molecular weight excluding hydrogens is 382 g/mol. The topological polar surface area (TPSA) is 72.3 Å². The number of carbonyl (C=O) groups excluding carboxylic acids is 1. The first-order chi connectivity index (χ1) is 13.2. The lowest BCUT2D eigenvalue weighted by Crippen LogP contribution is -2.37. The molecule has 0 saturated carbocycles. The summed E-state index contributed by atoms with van der Waals surface area (Å²) in [7, 11) is 1.98. The highest BCUT2D eigenvalue weighted by Gasteiger charge is 2.12. The Balaban J connectivity index is 1.37. The molecule has 0 aromatic carbocycles. The van der Waals surface area contributed by atoms with Crippen molar-refractivity contribution in [3.8, 4) is 0 Å². The third kappa shape index (κ3) is 6.46. The summed E-state index contributed by atoms with van der Waals surface area (Å²) in [5, 5.41) is 14.3. The van der Waals surface area contributed by atoms with Crippen molar-refractivity contribution in [3.05, 3.63) is 34.3 Å². The first-order valence-electron chi connectivity index (χ1n) is 9.03. The van der Waals surface area contributed by atoms with Crippen LogP contribution in [0.3, 0.4) is 0 Å². The Bertz CT molecular complexity index is 739. The lowest BCUT2D eigenvalue weighted by molar-refractivity contribution is -0.116. The van der Waals surface area contributed by atoms with Crippen molar-refractivity contribution < 1.29 is 9.53 Å². The zero-order valence-corrected chi connectivity index (χ0v) is 17.1. The second kappa shape index (κ2) is 10.6. The third-order valence-electron chi connectivity index (χ3n) is 4.26. The van der Waals surface area contributed by atoms with Crippen molar-refractivity contribution in [1.29, 1.82) is 0 Å². The number of thioether (sulfide) groups is 1. The van der Waals surface area contributed by atoms with Gasteiger partial charge in [-0.25, -0.2) is 0 Å². The SMILES string of the molecule is Cn1c(CCNC(=O)/C=C/c2cccs2)nnc1SCCN1CCOCC1. The lowest BCUT2D eigenvalue weighted by atomic mass is 10.3. The molecule has 7 nitrogen and oxygen atoms in total. The zero-order valence-electron chi connectivity index (χ0n) is 15.5. The van der Waals surface area contributed by atoms with Crippen molar-refractivity contribution in [2.45, 2.75) is 11.6 Å². The fraction of sp³-hybridized carbons (Fsp3) is 0.500. The van der Waals surface area contributed by atoms with Gasteiger partial charge < -0.3 is 14.6 Å². The smallest absolute Gasteiger partial charge is 0.244 e. The maximum absolute atomic E-state index is 11.9. The van der Waals surface area contributed by atoms with E-state index in [0.717, 1.165) is 54.5 Å². The fourth-order valence-electron chi connectivity index (χ4n) is 2.68. The Kier molecular flexibility index (Phi) is 7.88. The van der Waals surface area contributed by atoms with E-state index < -0.39 is 0 Å². The maximum atomic E-state index is 11.9. The molecule has 2 aromatic heterocycles. The first kappa shape index (κ1) is 20.1. The van der Waals surface area contributed by atoms with E-state index in [4.69, 9.17) is 4.74 Å². The predicted octanol–water partition coefficient (Wildman–Crippen LogP) is 1.67. The number of amides is 1. The van der Waals surface area contributed by atoms with Crippen LogP contribution in [0.5, 0.6) is 0 Å². The van der Waals surface area contributed by atoms with Crippen LogP contribution in [0.2, 0.25) is 0 Å². The van der Waals surface area contributed by atoms with Gasteiger partial charge in [-0.2, -0.15) is 0 Å². The Morgan fingerprint density at radius 3 is 3.04 bits per heavy atom. The van der Waals surface area contributed by atoms with Gasteiger partial charge in [0.1, 0.15) is 5.82 Å². The van der Waals surface area contributed by atoms with Gasteiger partial charge in [0.05, 0.1) is 13.2 Å². The zero-order chi connectivity index (χ0) is 18.9. The lowest BCUT2D eigenvalue weighted by Gasteiger charge is -2.26. The standard InChI is InChI=1S/C18H25N5O2S2/c1-22-16(6-7-19-17(24)5-4-15-3-2-13-26-15)20-21-18(22)27-14-10-23-8-11-25-12-9-23/h2-5,13H,6-12,14H2,1H3,(H,19,24)/b5-4+. The van der Waals surface area contributed by atoms with Gasteiger partial charge in [0.2, 0.25) is 5.91 Å². The van der Waals surface area contributed by atoms with E-state index in [-0.39, 0.29) is 5.91 Å². The number of hydrogen-bond donors (Lipinski definition) is 1. The molecule has 2 aromatic rings. The molecule has 3 heterocycles. The summed E-state index contributed by atoms with van der Waals surface area (Å²) in [6.45, 7) is 5.23. The van der Waals surface area contributed by atoms with E-state index in [0.29, 0.717) is 13.0 Å². The number of thiophene rings is 1. The highest BCUT2D eigenvalue weighted by Crippen LogP contribution is 2.16. The summed E-state index contributed by atoms with van der Waals surface area (Å²) in [5.74, 6) is 1.77. The quantitative estimate of drug-likeness (QED) is 0.504. The van der Waals surface area contributed by atoms with E-state index in [1.165, 1.54) is 0 Å². The normalized spacial score (nSPS) is 15.4. The van der Waals surface area contributed by atoms with Crippen LogP contribution in [0.15, 0.2) is 28.7 Å². The molecule has 0 atom stereocenters. The van der Waals surface area contributed by atoms with Crippen molar-refractivity contribution in [1.82, 2.24) is 25.0 Å². The van der Waals surface area contributed by atoms with Crippen LogP contribution in [0, 0.1) is 0 Å². The monoisotopic (exact) mass is 407 g/mol. The molecule has 1 saturated heterocycles. The molecule has 0 unspecified atom stereocenters. The summed E-state index contributed by atoms with van der Waals surface area (Å²) in [6, 6.07) is 3.94. The molecule has 0 bridgehead atoms. The van der Waals surface area contributed by atoms with Crippen LogP contribution in [0.1, 0.15) is 10.7 Å². The molecule has 9 heteroatoms. The van der Waals surface area contributed by atoms with Gasteiger partial charge in [0, 0.05) is 56.4 Å². The van der Waals surface area contributed by atoms with Gasteiger partial charge in [-0.15, -0.1) is 21.5 Å². The first-order valence-corrected chi connectivity index (χ1v) is 10.9. The molecular formula is C18H25N5O2S2. The molecule has 0 spiro atoms. The second-order valence-electron chi connectivity index (χ2n) is 6.15. The van der Waals surface area contributed by atoms with E-state index in [9.17, 15) is 4.79 Å². The molecule has 27 heavy (non-hydrogen) atoms. The van der Waals surface area contributed by atoms with Gasteiger partial charge in [-0.3, -0.25) is 9.69 Å². The summed E-state index contributed by atoms with van der Waals surface area (Å²) < 4.78 is 7.38. The number of morpholine rings is 1. The summed E-state index contributed by atoms with van der Waals surface area (Å²) in [5.41, 5.74) is 0. The van der Waals surface area contributed by atoms with Crippen LogP contribution < -0.4 is 5.32 Å². The Morgan fingerprint density at radius 1 is 1.41 bits per heavy atom. The molecule has 1 aliphatic rings. The number of carbonyl (C=O) groups is 1. The maximum Gasteiger partial charge on any atom is 0.244 e. The van der Waals surface area contributed by atoms with Crippen LogP contribution in [-0.2, 0) is 23.0 Å². The van der Waals surface area contributed by atoms with Crippen LogP contribution in [-0.4, -0.2) is 70.7 Å². The van der Waals surface area contributed by atoms with Crippen molar-refractivity contribution in [2.24, 2.45) is 7.05 Å². The van der Waals surface area contributed by atoms with E-state index >= 15 is 0 Å². The van der Waals surface area contributed by atoms with E-state index in [2.05, 4.69) is 20.4 Å². The number of nitrogens with zero attached hydrogens (tertiary/aromatic N) is 4. The average molecular weight is 408 g/mol. The minimum atomic E-state index is -0.0920. The van der Waals surface area contributed by atoms with Crippen LogP contribution >= 0.6 is 23.1 Å². The van der Waals surface area contributed by atoms with Crippen molar-refractivity contribution in [2.75, 3.05) is 45.1 Å². The fourth-order valence-corrected chi connectivity index (χ4v) is 4.23. The number of ether oxygens (including phenoxy) is 1. The minimum Gasteiger partial charge on any atom is -0.379 e. The molecule has 1 amide bonds. The van der Waals surface area contributed by atoms with E-state index in [1.807, 2.05) is 35.2 Å². The van der Waals surface area contributed by atoms with Gasteiger partial charge in [-0.1, -0.05) is 17.8 Å². The largest absolute Gasteiger partial charge is 0.379 e. The number of aromatic nitrogens is 3. The minimum absolute atomic E-state index is 0.0920. The predicted molar refractivity (Wildman–Crippen MR) is 109 cm³/mol. The van der Waals surface area contributed by atoms with Crippen LogP contribution in [0.4, 0.5) is 0 Å². The molecule has 0 aliphatic carbocycles. The van der Waals surface area contributed by atoms with Gasteiger partial charge >= 0.3 is 0 Å². The molecule has 1 N–H and O–H groups in total. The molecule has 3 rings (SSSR count). The number of nitrogens with one attached hydrogen (secondary N) is 1. The summed E-state index contributed by atoms with van der Waals surface area (Å²) in [6.07, 6.45) is 4.05. The number of rotatable bonds is 9. The van der Waals surface area contributed by atoms with Crippen molar-refractivity contribution in [3.63, 3.8) is 0 Å². The second-order valence-corrected chi connectivity index (χ2v) is 8.19. The summed E-state index contributed by atoms with van der Waals surface area (Å²) >= 11 is 3.32. The average Bonchev–Trinajstić information content (AvgIpc) is 3.32. The Morgan fingerprint density at radius 2 is 2.26 bits per heavy atom. The number of hydrogen-bond acceptors (Lipinski definition) is 7.